The summed E-state index contributed by atoms with van der Waals surface area (Å²) in [6.45, 7) is 2.40. The second-order valence-electron chi connectivity index (χ2n) is 6.43. The van der Waals surface area contributed by atoms with E-state index in [1.165, 1.54) is 4.68 Å². The minimum Gasteiger partial charge on any atom is -0.491 e. The largest absolute Gasteiger partial charge is 0.491 e. The summed E-state index contributed by atoms with van der Waals surface area (Å²) in [5, 5.41) is 5.42. The fraction of sp³-hybridized carbons (Fsp3) is 0.0870. The summed E-state index contributed by atoms with van der Waals surface area (Å²) in [6.07, 6.45) is 1.58. The minimum absolute atomic E-state index is 0.244. The summed E-state index contributed by atoms with van der Waals surface area (Å²) in [7, 11) is 0. The standard InChI is InChI=1S/C23H17BrClN3O2/c1-2-30-21-18(24)12-15(13-19(21)25)14-26-28-22(16-8-4-3-5-9-16)27-20-11-7-6-10-17(20)23(28)29/h3-14H,2H2,1H3. The molecule has 0 saturated heterocycles. The molecule has 5 nitrogen and oxygen atoms in total. The van der Waals surface area contributed by atoms with Crippen LogP contribution in [0.25, 0.3) is 22.3 Å². The number of aromatic nitrogens is 2. The zero-order chi connectivity index (χ0) is 21.1. The molecule has 0 bridgehead atoms. The molecule has 4 rings (SSSR count). The van der Waals surface area contributed by atoms with Crippen molar-refractivity contribution in [3.63, 3.8) is 0 Å². The molecule has 30 heavy (non-hydrogen) atoms. The normalized spacial score (nSPS) is 11.3. The summed E-state index contributed by atoms with van der Waals surface area (Å²) in [4.78, 5) is 17.9. The van der Waals surface area contributed by atoms with Crippen LogP contribution in [0.2, 0.25) is 5.02 Å². The Morgan fingerprint density at radius 3 is 2.60 bits per heavy atom. The average Bonchev–Trinajstić information content (AvgIpc) is 2.76. The van der Waals surface area contributed by atoms with Crippen LogP contribution in [0.3, 0.4) is 0 Å². The third-order valence-electron chi connectivity index (χ3n) is 4.42. The fourth-order valence-corrected chi connectivity index (χ4v) is 4.05. The molecule has 0 unspecified atom stereocenters. The third-order valence-corrected chi connectivity index (χ3v) is 5.29. The van der Waals surface area contributed by atoms with E-state index in [0.29, 0.717) is 38.6 Å². The lowest BCUT2D eigenvalue weighted by atomic mass is 10.2. The van der Waals surface area contributed by atoms with Gasteiger partial charge in [0.1, 0.15) is 0 Å². The lowest BCUT2D eigenvalue weighted by Crippen LogP contribution is -2.20. The highest BCUT2D eigenvalue weighted by atomic mass is 79.9. The predicted octanol–water partition coefficient (Wildman–Crippen LogP) is 5.76. The van der Waals surface area contributed by atoms with Crippen LogP contribution in [0, 0.1) is 0 Å². The summed E-state index contributed by atoms with van der Waals surface area (Å²) in [6, 6.07) is 20.3. The number of hydrogen-bond donors (Lipinski definition) is 0. The zero-order valence-corrected chi connectivity index (χ0v) is 18.4. The fourth-order valence-electron chi connectivity index (χ4n) is 3.07. The van der Waals surface area contributed by atoms with Crippen LogP contribution in [0.4, 0.5) is 0 Å². The van der Waals surface area contributed by atoms with E-state index >= 15 is 0 Å². The van der Waals surface area contributed by atoms with Crippen LogP contribution >= 0.6 is 27.5 Å². The van der Waals surface area contributed by atoms with Crippen LogP contribution in [-0.2, 0) is 0 Å². The molecule has 0 radical (unpaired) electrons. The monoisotopic (exact) mass is 481 g/mol. The SMILES string of the molecule is CCOc1c(Cl)cc(C=Nn2c(-c3ccccc3)nc3ccccc3c2=O)cc1Br. The van der Waals surface area contributed by atoms with Crippen molar-refractivity contribution >= 4 is 44.6 Å². The van der Waals surface area contributed by atoms with Crippen molar-refractivity contribution in [3.05, 3.63) is 92.1 Å². The van der Waals surface area contributed by atoms with Crippen molar-refractivity contribution in [2.45, 2.75) is 6.92 Å². The Hall–Kier alpha value is -2.96. The smallest absolute Gasteiger partial charge is 0.282 e. The zero-order valence-electron chi connectivity index (χ0n) is 16.0. The number of rotatable bonds is 5. The molecule has 0 fully saturated rings. The average molecular weight is 483 g/mol. The maximum Gasteiger partial charge on any atom is 0.282 e. The van der Waals surface area contributed by atoms with Crippen LogP contribution < -0.4 is 10.3 Å². The number of halogens is 2. The van der Waals surface area contributed by atoms with E-state index in [1.54, 1.807) is 18.3 Å². The number of fused-ring (bicyclic) bond motifs is 1. The van der Waals surface area contributed by atoms with Gasteiger partial charge in [-0.25, -0.2) is 4.98 Å². The molecule has 0 aliphatic heterocycles. The first-order valence-electron chi connectivity index (χ1n) is 9.32. The van der Waals surface area contributed by atoms with Gasteiger partial charge < -0.3 is 4.74 Å². The summed E-state index contributed by atoms with van der Waals surface area (Å²) in [5.74, 6) is 1.04. The Morgan fingerprint density at radius 2 is 1.87 bits per heavy atom. The van der Waals surface area contributed by atoms with Crippen LogP contribution in [0.5, 0.6) is 5.75 Å². The van der Waals surface area contributed by atoms with E-state index < -0.39 is 0 Å². The number of para-hydroxylation sites is 1. The van der Waals surface area contributed by atoms with Gasteiger partial charge in [0.05, 0.1) is 33.2 Å². The number of hydrogen-bond acceptors (Lipinski definition) is 4. The first kappa shape index (κ1) is 20.3. The quantitative estimate of drug-likeness (QED) is 0.340. The van der Waals surface area contributed by atoms with Crippen molar-refractivity contribution in [1.82, 2.24) is 9.66 Å². The molecule has 150 valence electrons. The van der Waals surface area contributed by atoms with Gasteiger partial charge in [-0.15, -0.1) is 0 Å². The van der Waals surface area contributed by atoms with Gasteiger partial charge in [0.15, 0.2) is 11.6 Å². The van der Waals surface area contributed by atoms with E-state index in [9.17, 15) is 4.79 Å². The maximum atomic E-state index is 13.2. The Bertz CT molecular complexity index is 1280. The lowest BCUT2D eigenvalue weighted by molar-refractivity contribution is 0.338. The molecular formula is C23H17BrClN3O2. The highest BCUT2D eigenvalue weighted by molar-refractivity contribution is 9.10. The molecule has 7 heteroatoms. The van der Waals surface area contributed by atoms with Gasteiger partial charge in [0.25, 0.3) is 5.56 Å². The van der Waals surface area contributed by atoms with Gasteiger partial charge in [-0.3, -0.25) is 4.79 Å². The Labute approximate surface area is 186 Å². The van der Waals surface area contributed by atoms with Crippen molar-refractivity contribution in [2.24, 2.45) is 5.10 Å². The first-order chi connectivity index (χ1) is 14.6. The lowest BCUT2D eigenvalue weighted by Gasteiger charge is -2.10. The van der Waals surface area contributed by atoms with E-state index in [1.807, 2.05) is 61.5 Å². The number of benzene rings is 3. The van der Waals surface area contributed by atoms with Crippen LogP contribution in [0.15, 0.2) is 81.1 Å². The molecule has 4 aromatic rings. The number of nitrogens with zero attached hydrogens (tertiary/aromatic N) is 3. The van der Waals surface area contributed by atoms with E-state index in [0.717, 1.165) is 11.1 Å². The molecule has 0 aliphatic carbocycles. The van der Waals surface area contributed by atoms with Gasteiger partial charge in [-0.2, -0.15) is 9.78 Å². The number of ether oxygens (including phenoxy) is 1. The first-order valence-corrected chi connectivity index (χ1v) is 10.5. The van der Waals surface area contributed by atoms with Gasteiger partial charge in [0, 0.05) is 5.56 Å². The molecule has 0 N–H and O–H groups in total. The predicted molar refractivity (Wildman–Crippen MR) is 125 cm³/mol. The molecule has 0 aliphatic rings. The molecule has 1 aromatic heterocycles. The van der Waals surface area contributed by atoms with E-state index in [-0.39, 0.29) is 5.56 Å². The third kappa shape index (κ3) is 4.01. The van der Waals surface area contributed by atoms with Gasteiger partial charge in [-0.1, -0.05) is 54.1 Å². The van der Waals surface area contributed by atoms with Crippen molar-refractivity contribution in [2.75, 3.05) is 6.61 Å². The van der Waals surface area contributed by atoms with E-state index in [2.05, 4.69) is 26.0 Å². The molecule has 1 heterocycles. The van der Waals surface area contributed by atoms with Crippen molar-refractivity contribution in [3.8, 4) is 17.1 Å². The minimum atomic E-state index is -0.244. The second kappa shape index (κ2) is 8.81. The van der Waals surface area contributed by atoms with E-state index in [4.69, 9.17) is 16.3 Å². The van der Waals surface area contributed by atoms with Crippen molar-refractivity contribution < 1.29 is 4.74 Å². The highest BCUT2D eigenvalue weighted by Gasteiger charge is 2.12. The van der Waals surface area contributed by atoms with Crippen LogP contribution in [-0.4, -0.2) is 22.5 Å². The molecular weight excluding hydrogens is 466 g/mol. The topological polar surface area (TPSA) is 56.5 Å². The van der Waals surface area contributed by atoms with Crippen LogP contribution in [0.1, 0.15) is 12.5 Å². The Kier molecular flexibility index (Phi) is 5.97. The maximum absolute atomic E-state index is 13.2. The van der Waals surface area contributed by atoms with Crippen molar-refractivity contribution in [1.29, 1.82) is 0 Å². The Morgan fingerprint density at radius 1 is 1.13 bits per heavy atom. The molecule has 0 atom stereocenters. The highest BCUT2D eigenvalue weighted by Crippen LogP contribution is 2.34. The summed E-state index contributed by atoms with van der Waals surface area (Å²) < 4.78 is 7.57. The molecule has 0 amide bonds. The molecule has 0 spiro atoms. The van der Waals surface area contributed by atoms with Gasteiger partial charge in [0.2, 0.25) is 0 Å². The summed E-state index contributed by atoms with van der Waals surface area (Å²) in [5.41, 5.74) is 1.89. The Balaban J connectivity index is 1.86. The summed E-state index contributed by atoms with van der Waals surface area (Å²) >= 11 is 9.81. The van der Waals surface area contributed by atoms with Gasteiger partial charge >= 0.3 is 0 Å². The molecule has 0 saturated carbocycles. The molecule has 3 aromatic carbocycles. The van der Waals surface area contributed by atoms with Gasteiger partial charge in [-0.05, 0) is 52.7 Å². The second-order valence-corrected chi connectivity index (χ2v) is 7.69.